The summed E-state index contributed by atoms with van der Waals surface area (Å²) >= 11 is 0. The number of hydrogen-bond acceptors (Lipinski definition) is 2. The van der Waals surface area contributed by atoms with Crippen molar-refractivity contribution in [2.45, 2.75) is 34.6 Å². The Bertz CT molecular complexity index is 173. The molecule has 0 bridgehead atoms. The Morgan fingerprint density at radius 1 is 1.17 bits per heavy atom. The van der Waals surface area contributed by atoms with Gasteiger partial charge in [-0.05, 0) is 13.8 Å². The van der Waals surface area contributed by atoms with E-state index in [1.165, 1.54) is 0 Å². The number of aliphatic imine (C=N–C) groups is 2. The fourth-order valence-corrected chi connectivity index (χ4v) is 0.820. The van der Waals surface area contributed by atoms with Gasteiger partial charge in [0, 0.05) is 24.7 Å². The highest BCUT2D eigenvalue weighted by molar-refractivity contribution is 6.32. The molecule has 0 spiro atoms. The van der Waals surface area contributed by atoms with E-state index in [4.69, 9.17) is 0 Å². The third kappa shape index (κ3) is 4.27. The first-order valence-corrected chi connectivity index (χ1v) is 4.57. The van der Waals surface area contributed by atoms with Gasteiger partial charge >= 0.3 is 0 Å². The van der Waals surface area contributed by atoms with Gasteiger partial charge in [0.05, 0.1) is 5.71 Å². The van der Waals surface area contributed by atoms with E-state index >= 15 is 0 Å². The van der Waals surface area contributed by atoms with Gasteiger partial charge in [-0.1, -0.05) is 20.8 Å². The van der Waals surface area contributed by atoms with Crippen LogP contribution in [0, 0.1) is 5.41 Å². The summed E-state index contributed by atoms with van der Waals surface area (Å²) in [6, 6.07) is 0. The molecule has 0 aromatic rings. The highest BCUT2D eigenvalue weighted by Gasteiger charge is 2.15. The maximum absolute atomic E-state index is 4.40. The van der Waals surface area contributed by atoms with Gasteiger partial charge in [0.2, 0.25) is 0 Å². The lowest BCUT2D eigenvalue weighted by molar-refractivity contribution is 0.596. The third-order valence-electron chi connectivity index (χ3n) is 1.49. The number of hydrogen-bond donors (Lipinski definition) is 0. The van der Waals surface area contributed by atoms with Crippen LogP contribution in [0.5, 0.6) is 0 Å². The molecule has 70 valence electrons. The number of rotatable bonds is 3. The Hall–Kier alpha value is -0.660. The van der Waals surface area contributed by atoms with Crippen molar-refractivity contribution in [1.29, 1.82) is 0 Å². The van der Waals surface area contributed by atoms with E-state index in [1.54, 1.807) is 0 Å². The van der Waals surface area contributed by atoms with Gasteiger partial charge in [0.1, 0.15) is 0 Å². The van der Waals surface area contributed by atoms with Crippen molar-refractivity contribution < 1.29 is 0 Å². The monoisotopic (exact) mass is 168 g/mol. The van der Waals surface area contributed by atoms with Crippen molar-refractivity contribution in [3.63, 3.8) is 0 Å². The molecule has 0 aliphatic heterocycles. The Morgan fingerprint density at radius 2 is 1.75 bits per heavy atom. The van der Waals surface area contributed by atoms with Crippen LogP contribution in [0.2, 0.25) is 0 Å². The van der Waals surface area contributed by atoms with Crippen LogP contribution in [0.25, 0.3) is 0 Å². The molecule has 0 aliphatic rings. The van der Waals surface area contributed by atoms with Gasteiger partial charge in [0.25, 0.3) is 0 Å². The molecule has 0 aromatic heterocycles. The average Bonchev–Trinajstić information content (AvgIpc) is 1.95. The van der Waals surface area contributed by atoms with Crippen molar-refractivity contribution in [3.8, 4) is 0 Å². The number of nitrogens with zero attached hydrogens (tertiary/aromatic N) is 2. The molecule has 0 saturated heterocycles. The fourth-order valence-electron chi connectivity index (χ4n) is 0.820. The molecule has 2 heteroatoms. The van der Waals surface area contributed by atoms with Gasteiger partial charge < -0.3 is 0 Å². The van der Waals surface area contributed by atoms with Gasteiger partial charge in [-0.25, -0.2) is 0 Å². The van der Waals surface area contributed by atoms with Crippen LogP contribution in [0.15, 0.2) is 9.98 Å². The first kappa shape index (κ1) is 11.3. The highest BCUT2D eigenvalue weighted by Crippen LogP contribution is 2.14. The average molecular weight is 168 g/mol. The predicted octanol–water partition coefficient (Wildman–Crippen LogP) is 2.58. The third-order valence-corrected chi connectivity index (χ3v) is 1.49. The lowest BCUT2D eigenvalue weighted by atomic mass is 9.90. The predicted molar refractivity (Wildman–Crippen MR) is 56.5 cm³/mol. The van der Waals surface area contributed by atoms with E-state index < -0.39 is 0 Å². The van der Waals surface area contributed by atoms with Crippen LogP contribution in [0.4, 0.5) is 0 Å². The topological polar surface area (TPSA) is 24.7 Å². The molecule has 12 heavy (non-hydrogen) atoms. The van der Waals surface area contributed by atoms with E-state index in [9.17, 15) is 0 Å². The highest BCUT2D eigenvalue weighted by atomic mass is 14.8. The minimum atomic E-state index is 0.120. The molecule has 0 heterocycles. The van der Waals surface area contributed by atoms with E-state index in [0.717, 1.165) is 18.8 Å². The summed E-state index contributed by atoms with van der Waals surface area (Å²) in [4.78, 5) is 8.60. The van der Waals surface area contributed by atoms with Crippen molar-refractivity contribution in [2.75, 3.05) is 13.1 Å². The lowest BCUT2D eigenvalue weighted by Gasteiger charge is -2.17. The minimum Gasteiger partial charge on any atom is -0.292 e. The summed E-state index contributed by atoms with van der Waals surface area (Å²) in [6.07, 6.45) is 1.89. The molecule has 0 amide bonds. The zero-order valence-corrected chi connectivity index (χ0v) is 8.89. The summed E-state index contributed by atoms with van der Waals surface area (Å²) in [5.74, 6) is 0. The summed E-state index contributed by atoms with van der Waals surface area (Å²) in [5, 5.41) is 0. The maximum atomic E-state index is 4.40. The SMILES string of the molecule is CCN=CC(=NCC)C(C)(C)C. The van der Waals surface area contributed by atoms with Crippen LogP contribution >= 0.6 is 0 Å². The minimum absolute atomic E-state index is 0.120. The molecule has 0 radical (unpaired) electrons. The summed E-state index contributed by atoms with van der Waals surface area (Å²) in [5.41, 5.74) is 1.21. The standard InChI is InChI=1S/C10H20N2/c1-6-11-8-9(12-7-2)10(3,4)5/h8H,6-7H2,1-5H3. The van der Waals surface area contributed by atoms with Crippen molar-refractivity contribution in [1.82, 2.24) is 0 Å². The second-order valence-corrected chi connectivity index (χ2v) is 3.74. The summed E-state index contributed by atoms with van der Waals surface area (Å²) in [6.45, 7) is 12.2. The van der Waals surface area contributed by atoms with Crippen LogP contribution in [-0.4, -0.2) is 25.0 Å². The smallest absolute Gasteiger partial charge is 0.0579 e. The van der Waals surface area contributed by atoms with Crippen molar-refractivity contribution in [2.24, 2.45) is 15.4 Å². The molecule has 0 N–H and O–H groups in total. The maximum Gasteiger partial charge on any atom is 0.0579 e. The molecule has 0 fully saturated rings. The van der Waals surface area contributed by atoms with Crippen LogP contribution < -0.4 is 0 Å². The van der Waals surface area contributed by atoms with E-state index in [2.05, 4.69) is 30.8 Å². The molecular formula is C10H20N2. The molecule has 0 saturated carbocycles. The molecule has 2 nitrogen and oxygen atoms in total. The van der Waals surface area contributed by atoms with E-state index in [-0.39, 0.29) is 5.41 Å². The largest absolute Gasteiger partial charge is 0.292 e. The van der Waals surface area contributed by atoms with Crippen molar-refractivity contribution in [3.05, 3.63) is 0 Å². The van der Waals surface area contributed by atoms with Gasteiger partial charge in [-0.2, -0.15) is 0 Å². The Morgan fingerprint density at radius 3 is 2.08 bits per heavy atom. The van der Waals surface area contributed by atoms with Gasteiger partial charge in [-0.15, -0.1) is 0 Å². The quantitative estimate of drug-likeness (QED) is 0.579. The molecular weight excluding hydrogens is 148 g/mol. The van der Waals surface area contributed by atoms with Gasteiger partial charge in [-0.3, -0.25) is 9.98 Å². The summed E-state index contributed by atoms with van der Waals surface area (Å²) < 4.78 is 0. The van der Waals surface area contributed by atoms with Crippen LogP contribution in [-0.2, 0) is 0 Å². The molecule has 0 atom stereocenters. The molecule has 0 aliphatic carbocycles. The Kier molecular flexibility index (Phi) is 4.79. The normalized spacial score (nSPS) is 14.2. The fraction of sp³-hybridized carbons (Fsp3) is 0.800. The Balaban J connectivity index is 4.46. The van der Waals surface area contributed by atoms with Crippen LogP contribution in [0.3, 0.4) is 0 Å². The van der Waals surface area contributed by atoms with Crippen LogP contribution in [0.1, 0.15) is 34.6 Å². The first-order chi connectivity index (χ1) is 5.52. The second kappa shape index (κ2) is 5.07. The lowest BCUT2D eigenvalue weighted by Crippen LogP contribution is -2.22. The first-order valence-electron chi connectivity index (χ1n) is 4.57. The zero-order chi connectivity index (χ0) is 9.61. The summed E-state index contributed by atoms with van der Waals surface area (Å²) in [7, 11) is 0. The zero-order valence-electron chi connectivity index (χ0n) is 8.89. The molecule has 0 aromatic carbocycles. The van der Waals surface area contributed by atoms with E-state index in [0.29, 0.717) is 0 Å². The van der Waals surface area contributed by atoms with Gasteiger partial charge in [0.15, 0.2) is 0 Å². The Labute approximate surface area is 75.8 Å². The second-order valence-electron chi connectivity index (χ2n) is 3.74. The molecule has 0 unspecified atom stereocenters. The van der Waals surface area contributed by atoms with Crippen molar-refractivity contribution >= 4 is 11.9 Å². The molecule has 0 rings (SSSR count). The van der Waals surface area contributed by atoms with E-state index in [1.807, 2.05) is 20.1 Å².